The van der Waals surface area contributed by atoms with E-state index in [9.17, 15) is 0 Å². The van der Waals surface area contributed by atoms with Gasteiger partial charge in [0.25, 0.3) is 0 Å². The van der Waals surface area contributed by atoms with Crippen molar-refractivity contribution in [1.29, 1.82) is 0 Å². The van der Waals surface area contributed by atoms with Gasteiger partial charge in [0.05, 0.1) is 12.0 Å². The van der Waals surface area contributed by atoms with Crippen LogP contribution in [0.2, 0.25) is 0 Å². The quantitative estimate of drug-likeness (QED) is 0.611. The maximum absolute atomic E-state index is 4.59. The van der Waals surface area contributed by atoms with Crippen LogP contribution in [-0.2, 0) is 0 Å². The molecule has 106 valence electrons. The number of rotatable bonds is 2. The van der Waals surface area contributed by atoms with Crippen molar-refractivity contribution < 1.29 is 0 Å². The van der Waals surface area contributed by atoms with Crippen LogP contribution in [0.1, 0.15) is 32.1 Å². The minimum absolute atomic E-state index is 0.927. The summed E-state index contributed by atoms with van der Waals surface area (Å²) in [4.78, 5) is 6.91. The molecule has 4 nitrogen and oxygen atoms in total. The van der Waals surface area contributed by atoms with Gasteiger partial charge in [-0.2, -0.15) is 5.10 Å². The van der Waals surface area contributed by atoms with Crippen molar-refractivity contribution in [3.05, 3.63) is 30.3 Å². The summed E-state index contributed by atoms with van der Waals surface area (Å²) in [5.74, 6) is 0.943. The number of benzene rings is 1. The second-order valence-corrected chi connectivity index (χ2v) is 5.42. The van der Waals surface area contributed by atoms with Gasteiger partial charge in [0.15, 0.2) is 5.84 Å². The fourth-order valence-corrected chi connectivity index (χ4v) is 2.68. The van der Waals surface area contributed by atoms with E-state index in [1.165, 1.54) is 25.7 Å². The van der Waals surface area contributed by atoms with Crippen LogP contribution in [0.25, 0.3) is 0 Å². The average molecular weight is 270 g/mol. The second kappa shape index (κ2) is 6.55. The van der Waals surface area contributed by atoms with Crippen molar-refractivity contribution in [2.45, 2.75) is 32.1 Å². The fourth-order valence-electron chi connectivity index (χ4n) is 2.68. The summed E-state index contributed by atoms with van der Waals surface area (Å²) in [6, 6.07) is 10.3. The fraction of sp³-hybridized carbons (Fsp3) is 0.500. The van der Waals surface area contributed by atoms with Gasteiger partial charge in [0.1, 0.15) is 0 Å². The summed E-state index contributed by atoms with van der Waals surface area (Å²) < 4.78 is 0. The first-order valence-corrected chi connectivity index (χ1v) is 7.60. The molecule has 0 saturated carbocycles. The molecule has 1 aromatic carbocycles. The topological polar surface area (TPSA) is 31.2 Å². The van der Waals surface area contributed by atoms with E-state index in [2.05, 4.69) is 27.1 Å². The predicted molar refractivity (Wildman–Crippen MR) is 84.4 cm³/mol. The number of amidine groups is 1. The van der Waals surface area contributed by atoms with Crippen molar-refractivity contribution in [2.24, 2.45) is 10.1 Å². The minimum atomic E-state index is 0.927. The Labute approximate surface area is 120 Å². The molecule has 0 aliphatic carbocycles. The molecule has 0 atom stereocenters. The lowest BCUT2D eigenvalue weighted by Crippen LogP contribution is -2.23. The molecular weight excluding hydrogens is 248 g/mol. The van der Waals surface area contributed by atoms with E-state index in [1.54, 1.807) is 0 Å². The molecule has 0 unspecified atom stereocenters. The van der Waals surface area contributed by atoms with Crippen molar-refractivity contribution >= 4 is 17.9 Å². The van der Waals surface area contributed by atoms with Crippen LogP contribution in [0.4, 0.5) is 5.69 Å². The van der Waals surface area contributed by atoms with Gasteiger partial charge < -0.3 is 4.90 Å². The number of hydrogen-bond donors (Lipinski definition) is 0. The van der Waals surface area contributed by atoms with Crippen LogP contribution in [0.15, 0.2) is 40.4 Å². The van der Waals surface area contributed by atoms with Gasteiger partial charge in [0.2, 0.25) is 0 Å². The third kappa shape index (κ3) is 3.38. The van der Waals surface area contributed by atoms with Crippen LogP contribution in [-0.4, -0.2) is 36.7 Å². The van der Waals surface area contributed by atoms with Crippen LogP contribution in [0, 0.1) is 0 Å². The van der Waals surface area contributed by atoms with E-state index in [4.69, 9.17) is 0 Å². The zero-order valence-corrected chi connectivity index (χ0v) is 11.9. The van der Waals surface area contributed by atoms with Crippen LogP contribution in [0.5, 0.6) is 0 Å². The second-order valence-electron chi connectivity index (χ2n) is 5.42. The van der Waals surface area contributed by atoms with Gasteiger partial charge in [-0.3, -0.25) is 5.01 Å². The predicted octanol–water partition coefficient (Wildman–Crippen LogP) is 3.11. The first-order chi connectivity index (χ1) is 9.92. The Bertz CT molecular complexity index is 473. The summed E-state index contributed by atoms with van der Waals surface area (Å²) in [7, 11) is 0. The lowest BCUT2D eigenvalue weighted by molar-refractivity contribution is 0.448. The van der Waals surface area contributed by atoms with Crippen molar-refractivity contribution in [3.8, 4) is 0 Å². The van der Waals surface area contributed by atoms with E-state index in [0.717, 1.165) is 37.6 Å². The monoisotopic (exact) mass is 270 g/mol. The van der Waals surface area contributed by atoms with Crippen LogP contribution in [0.3, 0.4) is 0 Å². The van der Waals surface area contributed by atoms with Gasteiger partial charge >= 0.3 is 0 Å². The lowest BCUT2D eigenvalue weighted by Gasteiger charge is -2.15. The SMILES string of the molecule is C(=NC1=NN(c2ccccc2)CC1)N1CCCCCC1. The average Bonchev–Trinajstić information content (AvgIpc) is 2.82. The summed E-state index contributed by atoms with van der Waals surface area (Å²) >= 11 is 0. The van der Waals surface area contributed by atoms with E-state index in [0.29, 0.717) is 0 Å². The number of hydrazone groups is 1. The summed E-state index contributed by atoms with van der Waals surface area (Å²) in [6.07, 6.45) is 8.21. The molecule has 2 heterocycles. The normalized spacial score (nSPS) is 20.3. The van der Waals surface area contributed by atoms with Gasteiger partial charge in [-0.25, -0.2) is 4.99 Å². The smallest absolute Gasteiger partial charge is 0.152 e. The Morgan fingerprint density at radius 3 is 2.45 bits per heavy atom. The summed E-state index contributed by atoms with van der Waals surface area (Å²) in [5, 5.41) is 6.63. The Hall–Kier alpha value is -1.84. The molecule has 0 radical (unpaired) electrons. The van der Waals surface area contributed by atoms with Gasteiger partial charge in [-0.15, -0.1) is 0 Å². The molecule has 0 aromatic heterocycles. The highest BCUT2D eigenvalue weighted by atomic mass is 15.5. The summed E-state index contributed by atoms with van der Waals surface area (Å²) in [6.45, 7) is 3.20. The Balaban J connectivity index is 1.60. The maximum Gasteiger partial charge on any atom is 0.152 e. The molecule has 2 aliphatic rings. The molecule has 0 amide bonds. The first kappa shape index (κ1) is 13.2. The molecule has 1 saturated heterocycles. The highest BCUT2D eigenvalue weighted by molar-refractivity contribution is 5.91. The number of aliphatic imine (C=N–C) groups is 1. The molecule has 2 aliphatic heterocycles. The number of anilines is 1. The molecule has 0 spiro atoms. The molecule has 4 heteroatoms. The lowest BCUT2D eigenvalue weighted by atomic mass is 10.2. The van der Waals surface area contributed by atoms with Crippen LogP contribution < -0.4 is 5.01 Å². The molecular formula is C16H22N4. The van der Waals surface area contributed by atoms with E-state index >= 15 is 0 Å². The molecule has 1 fully saturated rings. The zero-order chi connectivity index (χ0) is 13.6. The van der Waals surface area contributed by atoms with E-state index < -0.39 is 0 Å². The third-order valence-corrected chi connectivity index (χ3v) is 3.85. The molecule has 1 aromatic rings. The van der Waals surface area contributed by atoms with Crippen molar-refractivity contribution in [1.82, 2.24) is 4.90 Å². The Morgan fingerprint density at radius 2 is 1.70 bits per heavy atom. The van der Waals surface area contributed by atoms with E-state index in [1.807, 2.05) is 29.5 Å². The van der Waals surface area contributed by atoms with Crippen molar-refractivity contribution in [2.75, 3.05) is 24.6 Å². The first-order valence-electron chi connectivity index (χ1n) is 7.60. The van der Waals surface area contributed by atoms with Gasteiger partial charge in [0, 0.05) is 26.1 Å². The number of likely N-dealkylation sites (tertiary alicyclic amines) is 1. The highest BCUT2D eigenvalue weighted by Gasteiger charge is 2.15. The summed E-state index contributed by atoms with van der Waals surface area (Å²) in [5.41, 5.74) is 1.15. The Kier molecular flexibility index (Phi) is 4.31. The maximum atomic E-state index is 4.59. The van der Waals surface area contributed by atoms with Gasteiger partial charge in [-0.05, 0) is 25.0 Å². The molecule has 0 N–H and O–H groups in total. The third-order valence-electron chi connectivity index (χ3n) is 3.85. The largest absolute Gasteiger partial charge is 0.363 e. The minimum Gasteiger partial charge on any atom is -0.363 e. The molecule has 3 rings (SSSR count). The Morgan fingerprint density at radius 1 is 0.950 bits per heavy atom. The molecule has 0 bridgehead atoms. The van der Waals surface area contributed by atoms with Crippen molar-refractivity contribution in [3.63, 3.8) is 0 Å². The highest BCUT2D eigenvalue weighted by Crippen LogP contribution is 2.18. The number of nitrogens with zero attached hydrogens (tertiary/aromatic N) is 4. The number of para-hydroxylation sites is 1. The van der Waals surface area contributed by atoms with Crippen LogP contribution >= 0.6 is 0 Å². The zero-order valence-electron chi connectivity index (χ0n) is 11.9. The number of hydrogen-bond acceptors (Lipinski definition) is 3. The van der Waals surface area contributed by atoms with E-state index in [-0.39, 0.29) is 0 Å². The molecule has 20 heavy (non-hydrogen) atoms. The van der Waals surface area contributed by atoms with Gasteiger partial charge in [-0.1, -0.05) is 31.0 Å². The standard InChI is InChI=1S/C16H22N4/c1-2-7-12-19(11-6-1)14-17-16-10-13-20(18-16)15-8-4-3-5-9-15/h3-5,8-9,14H,1-2,6-7,10-13H2.